The lowest BCUT2D eigenvalue weighted by molar-refractivity contribution is 0.698. The zero-order valence-corrected chi connectivity index (χ0v) is 14.8. The van der Waals surface area contributed by atoms with E-state index in [0.29, 0.717) is 0 Å². The third kappa shape index (κ3) is 2.96. The number of aryl methyl sites for hydroxylation is 2. The second-order valence-electron chi connectivity index (χ2n) is 6.15. The number of rotatable bonds is 5. The van der Waals surface area contributed by atoms with Gasteiger partial charge in [-0.1, -0.05) is 25.1 Å². The van der Waals surface area contributed by atoms with Crippen LogP contribution in [0.15, 0.2) is 36.7 Å². The van der Waals surface area contributed by atoms with Crippen LogP contribution in [-0.4, -0.2) is 29.6 Å². The van der Waals surface area contributed by atoms with Crippen molar-refractivity contribution in [3.8, 4) is 0 Å². The first-order chi connectivity index (χ1) is 11.8. The van der Waals surface area contributed by atoms with Gasteiger partial charge in [-0.05, 0) is 37.0 Å². The molecule has 0 amide bonds. The first-order valence-electron chi connectivity index (χ1n) is 8.65. The van der Waals surface area contributed by atoms with E-state index in [2.05, 4.69) is 57.4 Å². The maximum Gasteiger partial charge on any atom is 0.138 e. The lowest BCUT2D eigenvalue weighted by atomic mass is 10.0. The summed E-state index contributed by atoms with van der Waals surface area (Å²) in [6, 6.07) is 11.0. The lowest BCUT2D eigenvalue weighted by Gasteiger charge is -2.31. The van der Waals surface area contributed by atoms with Gasteiger partial charge < -0.3 is 10.2 Å². The first-order valence-corrected chi connectivity index (χ1v) is 9.47. The third-order valence-corrected chi connectivity index (χ3v) is 5.80. The van der Waals surface area contributed by atoms with Crippen LogP contribution in [0.25, 0.3) is 10.2 Å². The van der Waals surface area contributed by atoms with E-state index in [1.807, 2.05) is 0 Å². The van der Waals surface area contributed by atoms with Crippen molar-refractivity contribution in [3.63, 3.8) is 0 Å². The minimum absolute atomic E-state index is 0.887. The molecule has 0 aliphatic carbocycles. The molecule has 0 bridgehead atoms. The molecule has 0 saturated carbocycles. The summed E-state index contributed by atoms with van der Waals surface area (Å²) in [4.78, 5) is 13.8. The molecule has 4 rings (SSSR count). The summed E-state index contributed by atoms with van der Waals surface area (Å²) < 4.78 is 0. The molecule has 0 saturated heterocycles. The Kier molecular flexibility index (Phi) is 4.34. The number of anilines is 2. The molecule has 0 unspecified atom stereocenters. The van der Waals surface area contributed by atoms with Crippen LogP contribution in [-0.2, 0) is 12.8 Å². The molecule has 24 heavy (non-hydrogen) atoms. The SMILES string of the molecule is CCc1cc2c(NCCN3CCCc4ccccc43)ncnc2s1. The van der Waals surface area contributed by atoms with Crippen LogP contribution >= 0.6 is 11.3 Å². The van der Waals surface area contributed by atoms with E-state index in [1.54, 1.807) is 17.7 Å². The zero-order valence-electron chi connectivity index (χ0n) is 14.0. The molecule has 1 aliphatic rings. The molecule has 2 aromatic heterocycles. The average Bonchev–Trinajstić information content (AvgIpc) is 3.06. The molecule has 1 aromatic carbocycles. The van der Waals surface area contributed by atoms with Gasteiger partial charge in [0.25, 0.3) is 0 Å². The summed E-state index contributed by atoms with van der Waals surface area (Å²) in [6.07, 6.45) is 5.14. The number of para-hydroxylation sites is 1. The summed E-state index contributed by atoms with van der Waals surface area (Å²) in [5.41, 5.74) is 2.86. The Hall–Kier alpha value is -2.14. The third-order valence-electron chi connectivity index (χ3n) is 4.61. The van der Waals surface area contributed by atoms with Gasteiger partial charge >= 0.3 is 0 Å². The summed E-state index contributed by atoms with van der Waals surface area (Å²) >= 11 is 1.76. The highest BCUT2D eigenvalue weighted by molar-refractivity contribution is 7.18. The molecule has 3 aromatic rings. The molecule has 3 heterocycles. The highest BCUT2D eigenvalue weighted by Crippen LogP contribution is 2.29. The fourth-order valence-electron chi connectivity index (χ4n) is 3.37. The molecule has 0 atom stereocenters. The van der Waals surface area contributed by atoms with E-state index in [-0.39, 0.29) is 0 Å². The number of fused-ring (bicyclic) bond motifs is 2. The van der Waals surface area contributed by atoms with Gasteiger partial charge in [0.05, 0.1) is 5.39 Å². The van der Waals surface area contributed by atoms with Crippen molar-refractivity contribution in [2.24, 2.45) is 0 Å². The zero-order chi connectivity index (χ0) is 16.4. The summed E-state index contributed by atoms with van der Waals surface area (Å²) in [5.74, 6) is 0.959. The number of hydrogen-bond acceptors (Lipinski definition) is 5. The number of aromatic nitrogens is 2. The van der Waals surface area contributed by atoms with Crippen LogP contribution in [0.4, 0.5) is 11.5 Å². The summed E-state index contributed by atoms with van der Waals surface area (Å²) in [7, 11) is 0. The van der Waals surface area contributed by atoms with E-state index in [0.717, 1.165) is 42.1 Å². The molecule has 1 N–H and O–H groups in total. The minimum Gasteiger partial charge on any atom is -0.370 e. The van der Waals surface area contributed by atoms with Gasteiger partial charge in [-0.2, -0.15) is 0 Å². The van der Waals surface area contributed by atoms with Gasteiger partial charge in [-0.15, -0.1) is 11.3 Å². The van der Waals surface area contributed by atoms with E-state index < -0.39 is 0 Å². The van der Waals surface area contributed by atoms with Crippen LogP contribution in [0.3, 0.4) is 0 Å². The lowest BCUT2D eigenvalue weighted by Crippen LogP contribution is -2.33. The molecule has 4 nitrogen and oxygen atoms in total. The minimum atomic E-state index is 0.887. The Morgan fingerprint density at radius 3 is 3.08 bits per heavy atom. The number of thiophene rings is 1. The summed E-state index contributed by atoms with van der Waals surface area (Å²) in [5, 5.41) is 4.67. The Morgan fingerprint density at radius 1 is 1.25 bits per heavy atom. The predicted octanol–water partition coefficient (Wildman–Crippen LogP) is 4.12. The topological polar surface area (TPSA) is 41.0 Å². The van der Waals surface area contributed by atoms with Crippen molar-refractivity contribution >= 4 is 33.1 Å². The molecular formula is C19H22N4S. The van der Waals surface area contributed by atoms with Gasteiger partial charge in [0.2, 0.25) is 0 Å². The van der Waals surface area contributed by atoms with Crippen molar-refractivity contribution in [3.05, 3.63) is 47.1 Å². The first kappa shape index (κ1) is 15.4. The number of benzene rings is 1. The highest BCUT2D eigenvalue weighted by atomic mass is 32.1. The van der Waals surface area contributed by atoms with Gasteiger partial charge in [-0.3, -0.25) is 0 Å². The number of nitrogens with zero attached hydrogens (tertiary/aromatic N) is 3. The van der Waals surface area contributed by atoms with E-state index in [4.69, 9.17) is 0 Å². The van der Waals surface area contributed by atoms with Crippen LogP contribution < -0.4 is 10.2 Å². The Labute approximate surface area is 146 Å². The maximum atomic E-state index is 4.45. The molecule has 0 radical (unpaired) electrons. The molecular weight excluding hydrogens is 316 g/mol. The maximum absolute atomic E-state index is 4.45. The van der Waals surface area contributed by atoms with E-state index in [1.165, 1.54) is 29.0 Å². The van der Waals surface area contributed by atoms with Crippen LogP contribution in [0.5, 0.6) is 0 Å². The van der Waals surface area contributed by atoms with Crippen molar-refractivity contribution in [2.75, 3.05) is 29.9 Å². The van der Waals surface area contributed by atoms with Gasteiger partial charge in [0.1, 0.15) is 17.0 Å². The smallest absolute Gasteiger partial charge is 0.138 e. The van der Waals surface area contributed by atoms with Crippen molar-refractivity contribution in [1.29, 1.82) is 0 Å². The van der Waals surface area contributed by atoms with E-state index >= 15 is 0 Å². The molecule has 5 heteroatoms. The second-order valence-corrected chi connectivity index (χ2v) is 7.27. The molecule has 1 aliphatic heterocycles. The van der Waals surface area contributed by atoms with E-state index in [9.17, 15) is 0 Å². The van der Waals surface area contributed by atoms with Crippen molar-refractivity contribution in [2.45, 2.75) is 26.2 Å². The van der Waals surface area contributed by atoms with Gasteiger partial charge in [-0.25, -0.2) is 9.97 Å². The van der Waals surface area contributed by atoms with Crippen molar-refractivity contribution < 1.29 is 0 Å². The Balaban J connectivity index is 1.46. The predicted molar refractivity (Wildman–Crippen MR) is 102 cm³/mol. The van der Waals surface area contributed by atoms with Gasteiger partial charge in [0, 0.05) is 30.2 Å². The van der Waals surface area contributed by atoms with Crippen LogP contribution in [0, 0.1) is 0 Å². The average molecular weight is 338 g/mol. The Morgan fingerprint density at radius 2 is 2.17 bits per heavy atom. The normalized spacial score (nSPS) is 14.0. The molecule has 0 fully saturated rings. The fraction of sp³-hybridized carbons (Fsp3) is 0.368. The number of hydrogen-bond donors (Lipinski definition) is 1. The summed E-state index contributed by atoms with van der Waals surface area (Å²) in [6.45, 7) is 5.19. The van der Waals surface area contributed by atoms with Crippen LogP contribution in [0.1, 0.15) is 23.8 Å². The second kappa shape index (κ2) is 6.77. The largest absolute Gasteiger partial charge is 0.370 e. The van der Waals surface area contributed by atoms with Crippen molar-refractivity contribution in [1.82, 2.24) is 9.97 Å². The van der Waals surface area contributed by atoms with Crippen LogP contribution in [0.2, 0.25) is 0 Å². The molecule has 124 valence electrons. The Bertz CT molecular complexity index is 842. The van der Waals surface area contributed by atoms with Gasteiger partial charge in [0.15, 0.2) is 0 Å². The standard InChI is InChI=1S/C19H22N4S/c1-2-15-12-16-18(21-13-22-19(16)24-15)20-9-11-23-10-5-7-14-6-3-4-8-17(14)23/h3-4,6,8,12-13H,2,5,7,9-11H2,1H3,(H,20,21,22). The quantitative estimate of drug-likeness (QED) is 0.760. The fourth-order valence-corrected chi connectivity index (χ4v) is 4.31. The number of nitrogens with one attached hydrogen (secondary N) is 1. The molecule has 0 spiro atoms. The monoisotopic (exact) mass is 338 g/mol. The highest BCUT2D eigenvalue weighted by Gasteiger charge is 2.15.